The lowest BCUT2D eigenvalue weighted by molar-refractivity contribution is -0.111. The molecule has 1 aliphatic rings. The smallest absolute Gasteiger partial charge is 0.262 e. The Kier molecular flexibility index (Phi) is 5.12. The molecule has 3 N–H and O–H groups in total. The van der Waals surface area contributed by atoms with E-state index in [2.05, 4.69) is 22.5 Å². The molecule has 6 heteroatoms. The SMILES string of the molecule is CCCNCc1ccc(NC(=O)C2=C(O)CCn3c2nc2ccccc23)cc1. The largest absolute Gasteiger partial charge is 0.511 e. The molecule has 1 aliphatic heterocycles. The van der Waals surface area contributed by atoms with Gasteiger partial charge in [-0.1, -0.05) is 31.2 Å². The van der Waals surface area contributed by atoms with Crippen LogP contribution in [-0.4, -0.2) is 27.1 Å². The van der Waals surface area contributed by atoms with E-state index in [9.17, 15) is 9.90 Å². The average molecular weight is 376 g/mol. The number of allylic oxidation sites excluding steroid dienone is 1. The van der Waals surface area contributed by atoms with E-state index in [0.29, 0.717) is 24.5 Å². The standard InChI is InChI=1S/C22H24N4O2/c1-2-12-23-14-15-7-9-16(10-8-15)24-22(28)20-19(27)11-13-26-18-6-4-3-5-17(18)25-21(20)26/h3-10,23,27H,2,11-14H2,1H3,(H,24,28). The van der Waals surface area contributed by atoms with Crippen LogP contribution in [0.4, 0.5) is 5.69 Å². The summed E-state index contributed by atoms with van der Waals surface area (Å²) < 4.78 is 1.99. The van der Waals surface area contributed by atoms with Crippen molar-refractivity contribution in [3.63, 3.8) is 0 Å². The summed E-state index contributed by atoms with van der Waals surface area (Å²) in [5.74, 6) is 0.258. The summed E-state index contributed by atoms with van der Waals surface area (Å²) in [4.78, 5) is 17.5. The first-order valence-electron chi connectivity index (χ1n) is 9.66. The summed E-state index contributed by atoms with van der Waals surface area (Å²) in [7, 11) is 0. The summed E-state index contributed by atoms with van der Waals surface area (Å²) >= 11 is 0. The molecule has 0 saturated carbocycles. The van der Waals surface area contributed by atoms with E-state index in [0.717, 1.165) is 36.1 Å². The minimum atomic E-state index is -0.342. The van der Waals surface area contributed by atoms with Crippen LogP contribution in [0.25, 0.3) is 16.6 Å². The van der Waals surface area contributed by atoms with Gasteiger partial charge in [-0.2, -0.15) is 0 Å². The van der Waals surface area contributed by atoms with Gasteiger partial charge in [0.25, 0.3) is 5.91 Å². The van der Waals surface area contributed by atoms with Crippen molar-refractivity contribution in [2.24, 2.45) is 0 Å². The van der Waals surface area contributed by atoms with Crippen molar-refractivity contribution < 1.29 is 9.90 Å². The second-order valence-corrected chi connectivity index (χ2v) is 6.98. The van der Waals surface area contributed by atoms with Gasteiger partial charge in [0.05, 0.1) is 11.0 Å². The monoisotopic (exact) mass is 376 g/mol. The normalized spacial score (nSPS) is 13.6. The Labute approximate surface area is 163 Å². The van der Waals surface area contributed by atoms with Crippen LogP contribution < -0.4 is 10.6 Å². The van der Waals surface area contributed by atoms with E-state index in [-0.39, 0.29) is 17.2 Å². The summed E-state index contributed by atoms with van der Waals surface area (Å²) in [6.07, 6.45) is 1.51. The molecule has 28 heavy (non-hydrogen) atoms. The molecular formula is C22H24N4O2. The van der Waals surface area contributed by atoms with Crippen molar-refractivity contribution in [3.05, 3.63) is 65.7 Å². The number of hydrogen-bond acceptors (Lipinski definition) is 4. The average Bonchev–Trinajstić information content (AvgIpc) is 3.07. The Morgan fingerprint density at radius 1 is 1.18 bits per heavy atom. The van der Waals surface area contributed by atoms with Crippen LogP contribution >= 0.6 is 0 Å². The number of aliphatic hydroxyl groups is 1. The van der Waals surface area contributed by atoms with Crippen molar-refractivity contribution in [1.82, 2.24) is 14.9 Å². The number of nitrogens with one attached hydrogen (secondary N) is 2. The van der Waals surface area contributed by atoms with E-state index in [1.165, 1.54) is 0 Å². The number of anilines is 1. The Morgan fingerprint density at radius 3 is 2.75 bits per heavy atom. The number of carbonyl (C=O) groups is 1. The van der Waals surface area contributed by atoms with Crippen molar-refractivity contribution in [3.8, 4) is 0 Å². The highest BCUT2D eigenvalue weighted by Gasteiger charge is 2.28. The van der Waals surface area contributed by atoms with E-state index >= 15 is 0 Å². The number of para-hydroxylation sites is 2. The number of imidazole rings is 1. The Bertz CT molecular complexity index is 1030. The van der Waals surface area contributed by atoms with Crippen LogP contribution in [0.5, 0.6) is 0 Å². The predicted octanol–water partition coefficient (Wildman–Crippen LogP) is 3.85. The molecule has 0 bridgehead atoms. The van der Waals surface area contributed by atoms with E-state index in [1.54, 1.807) is 0 Å². The third kappa shape index (κ3) is 3.51. The molecule has 0 aliphatic carbocycles. The first-order chi connectivity index (χ1) is 13.7. The molecule has 0 radical (unpaired) electrons. The molecule has 2 heterocycles. The Morgan fingerprint density at radius 2 is 1.96 bits per heavy atom. The lowest BCUT2D eigenvalue weighted by Gasteiger charge is -2.18. The fraction of sp³-hybridized carbons (Fsp3) is 0.273. The zero-order valence-electron chi connectivity index (χ0n) is 15.9. The molecule has 6 nitrogen and oxygen atoms in total. The maximum Gasteiger partial charge on any atom is 0.262 e. The molecule has 0 spiro atoms. The van der Waals surface area contributed by atoms with Crippen LogP contribution in [0.1, 0.15) is 31.2 Å². The summed E-state index contributed by atoms with van der Waals surface area (Å²) in [5.41, 5.74) is 3.89. The first kappa shape index (κ1) is 18.3. The number of carbonyl (C=O) groups excluding carboxylic acids is 1. The maximum atomic E-state index is 12.9. The van der Waals surface area contributed by atoms with Gasteiger partial charge in [0.2, 0.25) is 0 Å². The van der Waals surface area contributed by atoms with Gasteiger partial charge in [-0.05, 0) is 42.8 Å². The van der Waals surface area contributed by atoms with Gasteiger partial charge in [0.1, 0.15) is 17.2 Å². The molecule has 1 amide bonds. The van der Waals surface area contributed by atoms with E-state index < -0.39 is 0 Å². The predicted molar refractivity (Wildman–Crippen MR) is 111 cm³/mol. The highest BCUT2D eigenvalue weighted by Crippen LogP contribution is 2.30. The number of fused-ring (bicyclic) bond motifs is 3. The quantitative estimate of drug-likeness (QED) is 0.571. The highest BCUT2D eigenvalue weighted by atomic mass is 16.3. The summed E-state index contributed by atoms with van der Waals surface area (Å²) in [5, 5.41) is 16.7. The van der Waals surface area contributed by atoms with Crippen LogP contribution in [0.2, 0.25) is 0 Å². The Balaban J connectivity index is 1.55. The van der Waals surface area contributed by atoms with E-state index in [4.69, 9.17) is 0 Å². The van der Waals surface area contributed by atoms with Gasteiger partial charge in [0, 0.05) is 25.2 Å². The third-order valence-electron chi connectivity index (χ3n) is 4.93. The zero-order valence-corrected chi connectivity index (χ0v) is 15.9. The van der Waals surface area contributed by atoms with Crippen LogP contribution in [0.15, 0.2) is 54.3 Å². The minimum Gasteiger partial charge on any atom is -0.511 e. The summed E-state index contributed by atoms with van der Waals surface area (Å²) in [6.45, 7) is 4.53. The van der Waals surface area contributed by atoms with Crippen molar-refractivity contribution in [1.29, 1.82) is 0 Å². The van der Waals surface area contributed by atoms with E-state index in [1.807, 2.05) is 53.1 Å². The third-order valence-corrected chi connectivity index (χ3v) is 4.93. The van der Waals surface area contributed by atoms with Gasteiger partial charge in [-0.3, -0.25) is 4.79 Å². The van der Waals surface area contributed by atoms with Gasteiger partial charge >= 0.3 is 0 Å². The number of benzene rings is 2. The molecule has 0 fully saturated rings. The van der Waals surface area contributed by atoms with Crippen LogP contribution in [0.3, 0.4) is 0 Å². The number of hydrogen-bond donors (Lipinski definition) is 3. The number of nitrogens with zero attached hydrogens (tertiary/aromatic N) is 2. The second kappa shape index (κ2) is 7.86. The molecule has 3 aromatic rings. The first-order valence-corrected chi connectivity index (χ1v) is 9.66. The highest BCUT2D eigenvalue weighted by molar-refractivity contribution is 6.25. The minimum absolute atomic E-state index is 0.0840. The Hall–Kier alpha value is -3.12. The lowest BCUT2D eigenvalue weighted by atomic mass is 10.1. The molecular weight excluding hydrogens is 352 g/mol. The van der Waals surface area contributed by atoms with Gasteiger partial charge in [0.15, 0.2) is 0 Å². The molecule has 1 aromatic heterocycles. The van der Waals surface area contributed by atoms with Crippen LogP contribution in [0, 0.1) is 0 Å². The number of aromatic nitrogens is 2. The summed E-state index contributed by atoms with van der Waals surface area (Å²) in [6, 6.07) is 15.5. The molecule has 0 atom stereocenters. The number of aliphatic hydroxyl groups excluding tert-OH is 1. The van der Waals surface area contributed by atoms with Gasteiger partial charge in [-0.15, -0.1) is 0 Å². The van der Waals surface area contributed by atoms with Gasteiger partial charge in [-0.25, -0.2) is 4.98 Å². The zero-order chi connectivity index (χ0) is 19.5. The topological polar surface area (TPSA) is 79.2 Å². The molecule has 0 unspecified atom stereocenters. The fourth-order valence-corrected chi connectivity index (χ4v) is 3.51. The molecule has 144 valence electrons. The molecule has 2 aromatic carbocycles. The van der Waals surface area contributed by atoms with Crippen molar-refractivity contribution in [2.75, 3.05) is 11.9 Å². The van der Waals surface area contributed by atoms with Gasteiger partial charge < -0.3 is 20.3 Å². The van der Waals surface area contributed by atoms with Crippen molar-refractivity contribution >= 4 is 28.2 Å². The van der Waals surface area contributed by atoms with Crippen molar-refractivity contribution in [2.45, 2.75) is 32.9 Å². The molecule has 4 rings (SSSR count). The molecule has 0 saturated heterocycles. The fourth-order valence-electron chi connectivity index (χ4n) is 3.51. The number of rotatable bonds is 6. The maximum absolute atomic E-state index is 12.9. The van der Waals surface area contributed by atoms with Crippen LogP contribution in [-0.2, 0) is 17.9 Å². The number of amides is 1. The second-order valence-electron chi connectivity index (χ2n) is 6.98. The number of aryl methyl sites for hydroxylation is 1. The lowest BCUT2D eigenvalue weighted by Crippen LogP contribution is -2.22.